The summed E-state index contributed by atoms with van der Waals surface area (Å²) in [6.07, 6.45) is 2.35. The molecule has 39 heavy (non-hydrogen) atoms. The summed E-state index contributed by atoms with van der Waals surface area (Å²) >= 11 is 7.34. The Hall–Kier alpha value is -3.22. The fraction of sp³-hybridized carbons (Fsp3) is 0.500. The van der Waals surface area contributed by atoms with Crippen LogP contribution in [0, 0.1) is 5.92 Å². The summed E-state index contributed by atoms with van der Waals surface area (Å²) in [6.45, 7) is 1.67. The van der Waals surface area contributed by atoms with Crippen molar-refractivity contribution in [2.45, 2.75) is 44.3 Å². The Morgan fingerprint density at radius 2 is 1.90 bits per heavy atom. The molecule has 2 aliphatic rings. The number of likely N-dealkylation sites (N-methyl/N-ethyl adjacent to an activating group) is 1. The van der Waals surface area contributed by atoms with E-state index in [-0.39, 0.29) is 29.6 Å². The van der Waals surface area contributed by atoms with Crippen LogP contribution in [-0.2, 0) is 27.4 Å². The van der Waals surface area contributed by atoms with Gasteiger partial charge in [-0.15, -0.1) is 11.3 Å². The van der Waals surface area contributed by atoms with Crippen molar-refractivity contribution in [3.8, 4) is 0 Å². The Morgan fingerprint density at radius 3 is 2.59 bits per heavy atom. The molecule has 1 fully saturated rings. The van der Waals surface area contributed by atoms with Crippen LogP contribution in [0.4, 0.5) is 5.69 Å². The molecule has 0 bridgehead atoms. The van der Waals surface area contributed by atoms with Crippen molar-refractivity contribution in [1.29, 1.82) is 0 Å². The van der Waals surface area contributed by atoms with Crippen LogP contribution < -0.4 is 16.0 Å². The molecule has 1 unspecified atom stereocenters. The van der Waals surface area contributed by atoms with Crippen LogP contribution >= 0.6 is 22.9 Å². The number of hydrogen-bond donors (Lipinski definition) is 3. The standard InChI is InChI=1S/C26H34ClN7O4S/c1-33(2)26(37)15-5-10-18(29-22(32-38-4)23(35)28-17-8-6-16(27)7-9-17)20(13-15)30-24(36)25-31-19-11-12-34(3)14-21(19)39-25/h6-9,15,18,20H,5,10-14H2,1-4H3,(H,28,35)(H,29,32)(H,30,36)/t15?,18-,20+/m0/s1. The summed E-state index contributed by atoms with van der Waals surface area (Å²) in [4.78, 5) is 53.6. The lowest BCUT2D eigenvalue weighted by Crippen LogP contribution is -2.57. The summed E-state index contributed by atoms with van der Waals surface area (Å²) in [6, 6.07) is 5.87. The second kappa shape index (κ2) is 12.8. The first-order valence-corrected chi connectivity index (χ1v) is 14.0. The Morgan fingerprint density at radius 1 is 1.15 bits per heavy atom. The van der Waals surface area contributed by atoms with Gasteiger partial charge in [-0.25, -0.2) is 4.98 Å². The number of benzene rings is 1. The molecule has 13 heteroatoms. The van der Waals surface area contributed by atoms with Gasteiger partial charge in [0, 0.05) is 61.2 Å². The number of carbonyl (C=O) groups excluding carboxylic acids is 3. The molecular formula is C26H34ClN7O4S. The van der Waals surface area contributed by atoms with Crippen LogP contribution in [0.2, 0.25) is 5.02 Å². The van der Waals surface area contributed by atoms with Crippen molar-refractivity contribution in [2.75, 3.05) is 40.1 Å². The number of anilines is 1. The smallest absolute Gasteiger partial charge is 0.294 e. The van der Waals surface area contributed by atoms with E-state index >= 15 is 0 Å². The Kier molecular flexibility index (Phi) is 9.41. The Bertz CT molecular complexity index is 1230. The van der Waals surface area contributed by atoms with E-state index in [1.165, 1.54) is 18.4 Å². The van der Waals surface area contributed by atoms with Crippen molar-refractivity contribution in [3.05, 3.63) is 44.9 Å². The van der Waals surface area contributed by atoms with E-state index in [0.29, 0.717) is 35.0 Å². The molecule has 1 aliphatic heterocycles. The molecule has 3 N–H and O–H groups in total. The molecular weight excluding hydrogens is 542 g/mol. The molecule has 4 rings (SSSR count). The van der Waals surface area contributed by atoms with Gasteiger partial charge in [0.25, 0.3) is 11.8 Å². The molecule has 2 heterocycles. The van der Waals surface area contributed by atoms with Gasteiger partial charge in [-0.3, -0.25) is 14.4 Å². The molecule has 1 aromatic heterocycles. The zero-order chi connectivity index (χ0) is 28.1. The van der Waals surface area contributed by atoms with Gasteiger partial charge in [-0.05, 0) is 50.6 Å². The van der Waals surface area contributed by atoms with Gasteiger partial charge in [-0.2, -0.15) is 0 Å². The number of hydrogen-bond acceptors (Lipinski definition) is 8. The number of oxime groups is 1. The fourth-order valence-corrected chi connectivity index (χ4v) is 6.08. The van der Waals surface area contributed by atoms with E-state index in [9.17, 15) is 14.4 Å². The monoisotopic (exact) mass is 575 g/mol. The Balaban J connectivity index is 1.51. The largest absolute Gasteiger partial charge is 0.397 e. The molecule has 3 amide bonds. The van der Waals surface area contributed by atoms with Gasteiger partial charge in [0.1, 0.15) is 7.11 Å². The highest BCUT2D eigenvalue weighted by Gasteiger charge is 2.37. The molecule has 2 aromatic rings. The maximum Gasteiger partial charge on any atom is 0.294 e. The average Bonchev–Trinajstić information content (AvgIpc) is 3.33. The maximum atomic E-state index is 13.3. The number of nitrogens with zero attached hydrogens (tertiary/aromatic N) is 4. The number of fused-ring (bicyclic) bond motifs is 1. The third-order valence-electron chi connectivity index (χ3n) is 6.89. The number of amides is 3. The molecule has 1 aliphatic carbocycles. The molecule has 3 atom stereocenters. The molecule has 1 saturated carbocycles. The number of nitrogens with one attached hydrogen (secondary N) is 3. The molecule has 1 aromatic carbocycles. The summed E-state index contributed by atoms with van der Waals surface area (Å²) < 4.78 is 0. The topological polar surface area (TPSA) is 128 Å². The van der Waals surface area contributed by atoms with E-state index in [2.05, 4.69) is 31.0 Å². The molecule has 210 valence electrons. The molecule has 11 nitrogen and oxygen atoms in total. The lowest BCUT2D eigenvalue weighted by molar-refractivity contribution is -0.134. The first-order chi connectivity index (χ1) is 18.6. The summed E-state index contributed by atoms with van der Waals surface area (Å²) in [5.41, 5.74) is 1.51. The van der Waals surface area contributed by atoms with Crippen molar-refractivity contribution in [3.63, 3.8) is 0 Å². The third kappa shape index (κ3) is 7.25. The second-order valence-electron chi connectivity index (χ2n) is 10.0. The van der Waals surface area contributed by atoms with Gasteiger partial charge >= 0.3 is 0 Å². The summed E-state index contributed by atoms with van der Waals surface area (Å²) in [5, 5.41) is 13.9. The van der Waals surface area contributed by atoms with Crippen LogP contribution in [0.5, 0.6) is 0 Å². The van der Waals surface area contributed by atoms with Gasteiger partial charge in [-0.1, -0.05) is 16.8 Å². The first-order valence-electron chi connectivity index (χ1n) is 12.8. The van der Waals surface area contributed by atoms with E-state index in [1.807, 2.05) is 7.05 Å². The highest BCUT2D eigenvalue weighted by molar-refractivity contribution is 7.13. The van der Waals surface area contributed by atoms with Crippen LogP contribution in [0.25, 0.3) is 0 Å². The minimum Gasteiger partial charge on any atom is -0.397 e. The van der Waals surface area contributed by atoms with Crippen LogP contribution in [0.3, 0.4) is 0 Å². The normalized spacial score (nSPS) is 21.5. The number of aromatic nitrogens is 1. The van der Waals surface area contributed by atoms with Gasteiger partial charge in [0.05, 0.1) is 11.7 Å². The molecule has 0 spiro atoms. The number of rotatable bonds is 6. The van der Waals surface area contributed by atoms with E-state index < -0.39 is 11.9 Å². The third-order valence-corrected chi connectivity index (χ3v) is 8.23. The molecule has 0 radical (unpaired) electrons. The average molecular weight is 576 g/mol. The van der Waals surface area contributed by atoms with Gasteiger partial charge in [0.15, 0.2) is 5.01 Å². The lowest BCUT2D eigenvalue weighted by Gasteiger charge is -2.37. The van der Waals surface area contributed by atoms with E-state index in [1.54, 1.807) is 43.3 Å². The summed E-state index contributed by atoms with van der Waals surface area (Å²) in [7, 11) is 6.85. The molecule has 0 saturated heterocycles. The summed E-state index contributed by atoms with van der Waals surface area (Å²) in [5.74, 6) is -1.09. The minimum absolute atomic E-state index is 0.00622. The van der Waals surface area contributed by atoms with Crippen molar-refractivity contribution >= 4 is 52.2 Å². The number of carbonyl (C=O) groups is 3. The minimum atomic E-state index is -0.507. The predicted molar refractivity (Wildman–Crippen MR) is 151 cm³/mol. The van der Waals surface area contributed by atoms with Crippen LogP contribution in [0.15, 0.2) is 29.4 Å². The lowest BCUT2D eigenvalue weighted by atomic mass is 9.81. The van der Waals surface area contributed by atoms with E-state index in [4.69, 9.17) is 16.4 Å². The zero-order valence-electron chi connectivity index (χ0n) is 22.5. The fourth-order valence-electron chi connectivity index (χ4n) is 4.87. The predicted octanol–water partition coefficient (Wildman–Crippen LogP) is 2.33. The highest BCUT2D eigenvalue weighted by Crippen LogP contribution is 2.28. The number of halogens is 1. The number of thiazole rings is 1. The maximum absolute atomic E-state index is 13.3. The Labute approximate surface area is 236 Å². The number of amidine groups is 1. The van der Waals surface area contributed by atoms with Gasteiger partial charge < -0.3 is 30.6 Å². The van der Waals surface area contributed by atoms with Crippen molar-refractivity contribution in [2.24, 2.45) is 11.1 Å². The van der Waals surface area contributed by atoms with Gasteiger partial charge in [0.2, 0.25) is 11.7 Å². The highest BCUT2D eigenvalue weighted by atomic mass is 35.5. The van der Waals surface area contributed by atoms with Crippen molar-refractivity contribution in [1.82, 2.24) is 25.4 Å². The van der Waals surface area contributed by atoms with Crippen LogP contribution in [-0.4, -0.2) is 85.2 Å². The van der Waals surface area contributed by atoms with Crippen LogP contribution in [0.1, 0.15) is 39.6 Å². The quantitative estimate of drug-likeness (QED) is 0.274. The second-order valence-corrected chi connectivity index (χ2v) is 11.6. The first kappa shape index (κ1) is 28.8. The SMILES string of the molecule is CO/N=C(/N[C@H]1CCC(C(=O)N(C)C)C[C@H]1NC(=O)c1nc2c(s1)CN(C)CC2)C(=O)Nc1ccc(Cl)cc1. The van der Waals surface area contributed by atoms with E-state index in [0.717, 1.165) is 30.1 Å². The van der Waals surface area contributed by atoms with Crippen molar-refractivity contribution < 1.29 is 19.2 Å². The zero-order valence-corrected chi connectivity index (χ0v) is 24.1.